The number of aryl methyl sites for hydroxylation is 1. The van der Waals surface area contributed by atoms with Gasteiger partial charge in [0, 0.05) is 42.3 Å². The first-order valence-corrected chi connectivity index (χ1v) is 10.4. The lowest BCUT2D eigenvalue weighted by atomic mass is 10.2. The standard InChI is InChI=1S/C21H19N3O4S/c1-13-7-8-14-5-4-6-19(20(14)22-13)29(26,27)23-21(25)18-11-15-9-10-16(24(2)3)12-17(15)28-18/h4-12H,1-3H3,(H,23,25). The number of nitrogens with zero attached hydrogens (tertiary/aromatic N) is 2. The quantitative estimate of drug-likeness (QED) is 0.555. The molecule has 1 N–H and O–H groups in total. The molecule has 2 heterocycles. The van der Waals surface area contributed by atoms with Gasteiger partial charge in [0.25, 0.3) is 10.0 Å². The monoisotopic (exact) mass is 409 g/mol. The van der Waals surface area contributed by atoms with E-state index in [2.05, 4.69) is 9.71 Å². The summed E-state index contributed by atoms with van der Waals surface area (Å²) in [5.41, 5.74) is 2.40. The number of fused-ring (bicyclic) bond motifs is 2. The number of benzene rings is 2. The minimum Gasteiger partial charge on any atom is -0.451 e. The van der Waals surface area contributed by atoms with Crippen LogP contribution in [0.5, 0.6) is 0 Å². The van der Waals surface area contributed by atoms with E-state index in [-0.39, 0.29) is 10.7 Å². The molecule has 4 rings (SSSR count). The number of carbonyl (C=O) groups is 1. The molecule has 0 bridgehead atoms. The number of sulfonamides is 1. The summed E-state index contributed by atoms with van der Waals surface area (Å²) in [6.45, 7) is 1.78. The molecule has 7 nitrogen and oxygen atoms in total. The Balaban J connectivity index is 1.69. The highest BCUT2D eigenvalue weighted by atomic mass is 32.2. The fourth-order valence-electron chi connectivity index (χ4n) is 3.07. The highest BCUT2D eigenvalue weighted by Gasteiger charge is 2.24. The van der Waals surface area contributed by atoms with E-state index in [0.717, 1.165) is 5.69 Å². The van der Waals surface area contributed by atoms with Crippen molar-refractivity contribution in [3.8, 4) is 0 Å². The van der Waals surface area contributed by atoms with Gasteiger partial charge in [-0.1, -0.05) is 18.2 Å². The molecular formula is C21H19N3O4S. The molecule has 1 amide bonds. The van der Waals surface area contributed by atoms with Crippen LogP contribution in [0.2, 0.25) is 0 Å². The second-order valence-electron chi connectivity index (χ2n) is 6.94. The number of pyridine rings is 1. The lowest BCUT2D eigenvalue weighted by Crippen LogP contribution is -2.30. The number of nitrogens with one attached hydrogen (secondary N) is 1. The van der Waals surface area contributed by atoms with Crippen molar-refractivity contribution in [2.45, 2.75) is 11.8 Å². The summed E-state index contributed by atoms with van der Waals surface area (Å²) >= 11 is 0. The van der Waals surface area contributed by atoms with E-state index < -0.39 is 15.9 Å². The molecule has 4 aromatic rings. The van der Waals surface area contributed by atoms with Crippen LogP contribution in [-0.2, 0) is 10.0 Å². The van der Waals surface area contributed by atoms with Gasteiger partial charge in [0.05, 0.1) is 5.52 Å². The molecule has 8 heteroatoms. The first-order chi connectivity index (χ1) is 13.7. The largest absolute Gasteiger partial charge is 0.451 e. The Morgan fingerprint density at radius 2 is 1.79 bits per heavy atom. The summed E-state index contributed by atoms with van der Waals surface area (Å²) in [7, 11) is -0.354. The smallest absolute Gasteiger partial charge is 0.300 e. The molecule has 0 aliphatic carbocycles. The van der Waals surface area contributed by atoms with Gasteiger partial charge in [-0.2, -0.15) is 0 Å². The third-order valence-electron chi connectivity index (χ3n) is 4.58. The SMILES string of the molecule is Cc1ccc2cccc(S(=O)(=O)NC(=O)c3cc4ccc(N(C)C)cc4o3)c2n1. The molecule has 29 heavy (non-hydrogen) atoms. The zero-order chi connectivity index (χ0) is 20.8. The highest BCUT2D eigenvalue weighted by molar-refractivity contribution is 7.90. The first-order valence-electron chi connectivity index (χ1n) is 8.89. The molecule has 0 radical (unpaired) electrons. The summed E-state index contributed by atoms with van der Waals surface area (Å²) in [5, 5.41) is 1.38. The summed E-state index contributed by atoms with van der Waals surface area (Å²) in [4.78, 5) is 18.8. The number of furan rings is 1. The Hall–Kier alpha value is -3.39. The minimum absolute atomic E-state index is 0.0574. The molecule has 0 saturated carbocycles. The maximum atomic E-state index is 12.9. The molecule has 0 atom stereocenters. The van der Waals surface area contributed by atoms with Crippen LogP contribution in [0, 0.1) is 6.92 Å². The number of hydrogen-bond acceptors (Lipinski definition) is 6. The topological polar surface area (TPSA) is 92.5 Å². The zero-order valence-corrected chi connectivity index (χ0v) is 16.9. The van der Waals surface area contributed by atoms with Gasteiger partial charge in [-0.25, -0.2) is 13.1 Å². The van der Waals surface area contributed by atoms with Crippen molar-refractivity contribution in [2.75, 3.05) is 19.0 Å². The Labute approximate surface area is 168 Å². The van der Waals surface area contributed by atoms with Gasteiger partial charge in [-0.05, 0) is 37.3 Å². The highest BCUT2D eigenvalue weighted by Crippen LogP contribution is 2.25. The van der Waals surface area contributed by atoms with Crippen LogP contribution < -0.4 is 9.62 Å². The average Bonchev–Trinajstić information content (AvgIpc) is 3.10. The lowest BCUT2D eigenvalue weighted by molar-refractivity contribution is 0.0956. The molecule has 0 saturated heterocycles. The van der Waals surface area contributed by atoms with Gasteiger partial charge in [0.2, 0.25) is 0 Å². The summed E-state index contributed by atoms with van der Waals surface area (Å²) in [5.74, 6) is -0.916. The van der Waals surface area contributed by atoms with Crippen LogP contribution in [0.3, 0.4) is 0 Å². The third kappa shape index (κ3) is 3.54. The van der Waals surface area contributed by atoms with Crippen molar-refractivity contribution in [2.24, 2.45) is 0 Å². The van der Waals surface area contributed by atoms with Crippen LogP contribution in [-0.4, -0.2) is 33.4 Å². The summed E-state index contributed by atoms with van der Waals surface area (Å²) < 4.78 is 33.4. The van der Waals surface area contributed by atoms with Crippen LogP contribution in [0.15, 0.2) is 63.9 Å². The van der Waals surface area contributed by atoms with E-state index in [1.165, 1.54) is 12.1 Å². The van der Waals surface area contributed by atoms with E-state index in [9.17, 15) is 13.2 Å². The number of para-hydroxylation sites is 1. The normalized spacial score (nSPS) is 11.7. The van der Waals surface area contributed by atoms with Gasteiger partial charge in [0.15, 0.2) is 5.76 Å². The minimum atomic E-state index is -4.14. The van der Waals surface area contributed by atoms with Crippen molar-refractivity contribution >= 4 is 43.5 Å². The number of hydrogen-bond donors (Lipinski definition) is 1. The number of aromatic nitrogens is 1. The van der Waals surface area contributed by atoms with E-state index in [1.807, 2.05) is 31.1 Å². The van der Waals surface area contributed by atoms with Crippen LogP contribution in [0.4, 0.5) is 5.69 Å². The predicted octanol–water partition coefficient (Wildman–Crippen LogP) is 3.47. The maximum Gasteiger partial charge on any atom is 0.300 e. The molecule has 0 aliphatic heterocycles. The second kappa shape index (κ2) is 6.89. The van der Waals surface area contributed by atoms with Gasteiger partial charge >= 0.3 is 5.91 Å². The summed E-state index contributed by atoms with van der Waals surface area (Å²) in [6, 6.07) is 15.4. The fraction of sp³-hybridized carbons (Fsp3) is 0.143. The van der Waals surface area contributed by atoms with Gasteiger partial charge in [-0.3, -0.25) is 9.78 Å². The molecule has 0 fully saturated rings. The Bertz CT molecular complexity index is 1360. The molecule has 0 spiro atoms. The predicted molar refractivity (Wildman–Crippen MR) is 112 cm³/mol. The van der Waals surface area contributed by atoms with Crippen LogP contribution in [0.25, 0.3) is 21.9 Å². The second-order valence-corrected chi connectivity index (χ2v) is 8.59. The number of carbonyl (C=O) groups excluding carboxylic acids is 1. The molecule has 2 aromatic heterocycles. The van der Waals surface area contributed by atoms with Gasteiger partial charge in [0.1, 0.15) is 10.5 Å². The third-order valence-corrected chi connectivity index (χ3v) is 5.95. The zero-order valence-electron chi connectivity index (χ0n) is 16.1. The Kier molecular flexibility index (Phi) is 4.50. The Morgan fingerprint density at radius 1 is 1.03 bits per heavy atom. The van der Waals surface area contributed by atoms with Crippen LogP contribution >= 0.6 is 0 Å². The Morgan fingerprint density at radius 3 is 2.55 bits per heavy atom. The van der Waals surface area contributed by atoms with Crippen molar-refractivity contribution in [1.82, 2.24) is 9.71 Å². The van der Waals surface area contributed by atoms with Gasteiger partial charge in [-0.15, -0.1) is 0 Å². The number of rotatable bonds is 4. The van der Waals surface area contributed by atoms with E-state index in [0.29, 0.717) is 27.6 Å². The lowest BCUT2D eigenvalue weighted by Gasteiger charge is -2.11. The van der Waals surface area contributed by atoms with Crippen molar-refractivity contribution in [3.63, 3.8) is 0 Å². The fourth-order valence-corrected chi connectivity index (χ4v) is 4.20. The van der Waals surface area contributed by atoms with E-state index in [4.69, 9.17) is 4.42 Å². The van der Waals surface area contributed by atoms with Crippen molar-refractivity contribution in [1.29, 1.82) is 0 Å². The molecule has 148 valence electrons. The molecule has 2 aromatic carbocycles. The van der Waals surface area contributed by atoms with E-state index in [1.54, 1.807) is 37.3 Å². The molecule has 0 unspecified atom stereocenters. The van der Waals surface area contributed by atoms with Gasteiger partial charge < -0.3 is 9.32 Å². The first kappa shape index (κ1) is 18.9. The summed E-state index contributed by atoms with van der Waals surface area (Å²) in [6.07, 6.45) is 0. The van der Waals surface area contributed by atoms with Crippen molar-refractivity contribution < 1.29 is 17.6 Å². The number of amides is 1. The molecular weight excluding hydrogens is 390 g/mol. The maximum absolute atomic E-state index is 12.9. The number of anilines is 1. The van der Waals surface area contributed by atoms with Crippen LogP contribution in [0.1, 0.15) is 16.2 Å². The van der Waals surface area contributed by atoms with E-state index >= 15 is 0 Å². The van der Waals surface area contributed by atoms with Crippen molar-refractivity contribution in [3.05, 3.63) is 66.1 Å². The average molecular weight is 409 g/mol. The molecule has 0 aliphatic rings.